The highest BCUT2D eigenvalue weighted by Crippen LogP contribution is 2.39. The molecule has 0 saturated carbocycles. The molecule has 2 aliphatic heterocycles. The van der Waals surface area contributed by atoms with E-state index in [0.717, 1.165) is 63.2 Å². The first kappa shape index (κ1) is 22.5. The molecule has 31 heavy (non-hydrogen) atoms. The van der Waals surface area contributed by atoms with Gasteiger partial charge in [0.05, 0.1) is 12.2 Å². The van der Waals surface area contributed by atoms with Gasteiger partial charge in [0.1, 0.15) is 0 Å². The van der Waals surface area contributed by atoms with Crippen LogP contribution in [0.4, 0.5) is 0 Å². The van der Waals surface area contributed by atoms with E-state index in [0.29, 0.717) is 5.41 Å². The summed E-state index contributed by atoms with van der Waals surface area (Å²) in [5, 5.41) is 21.1. The van der Waals surface area contributed by atoms with Crippen LogP contribution in [0.25, 0.3) is 0 Å². The Morgan fingerprint density at radius 1 is 0.677 bits per heavy atom. The molecule has 2 atom stereocenters. The quantitative estimate of drug-likeness (QED) is 0.661. The molecule has 4 nitrogen and oxygen atoms in total. The fourth-order valence-corrected chi connectivity index (χ4v) is 5.63. The van der Waals surface area contributed by atoms with E-state index in [1.165, 1.54) is 25.7 Å². The summed E-state index contributed by atoms with van der Waals surface area (Å²) in [5.41, 5.74) is 2.43. The van der Waals surface area contributed by atoms with E-state index in [2.05, 4.69) is 9.80 Å². The van der Waals surface area contributed by atoms with Crippen LogP contribution in [0.15, 0.2) is 60.7 Å². The third kappa shape index (κ3) is 6.17. The highest BCUT2D eigenvalue weighted by Gasteiger charge is 2.39. The van der Waals surface area contributed by atoms with Crippen LogP contribution >= 0.6 is 0 Å². The first-order valence-electron chi connectivity index (χ1n) is 12.0. The predicted octanol–water partition coefficient (Wildman–Crippen LogP) is 4.41. The maximum absolute atomic E-state index is 10.6. The Labute approximate surface area is 187 Å². The summed E-state index contributed by atoms with van der Waals surface area (Å²) < 4.78 is 0. The van der Waals surface area contributed by atoms with Crippen LogP contribution in [0.1, 0.15) is 61.9 Å². The van der Waals surface area contributed by atoms with E-state index >= 15 is 0 Å². The Kier molecular flexibility index (Phi) is 7.78. The van der Waals surface area contributed by atoms with Crippen LogP contribution in [-0.4, -0.2) is 59.3 Å². The van der Waals surface area contributed by atoms with Gasteiger partial charge in [-0.2, -0.15) is 0 Å². The molecule has 2 heterocycles. The molecule has 1 spiro atoms. The molecule has 0 aromatic heterocycles. The Balaban J connectivity index is 1.27. The Morgan fingerprint density at radius 2 is 1.10 bits per heavy atom. The third-order valence-corrected chi connectivity index (χ3v) is 7.29. The molecule has 2 aromatic carbocycles. The maximum Gasteiger partial charge on any atom is 0.0802 e. The molecule has 0 amide bonds. The Bertz CT molecular complexity index is 715. The van der Waals surface area contributed by atoms with Gasteiger partial charge >= 0.3 is 0 Å². The second kappa shape index (κ2) is 10.7. The van der Waals surface area contributed by atoms with Crippen molar-refractivity contribution in [1.29, 1.82) is 0 Å². The molecule has 2 aliphatic rings. The van der Waals surface area contributed by atoms with Crippen LogP contribution < -0.4 is 0 Å². The maximum atomic E-state index is 10.6. The van der Waals surface area contributed by atoms with Crippen molar-refractivity contribution in [3.05, 3.63) is 71.8 Å². The van der Waals surface area contributed by atoms with Gasteiger partial charge < -0.3 is 20.0 Å². The third-order valence-electron chi connectivity index (χ3n) is 7.29. The molecule has 4 heteroatoms. The van der Waals surface area contributed by atoms with Gasteiger partial charge in [-0.25, -0.2) is 0 Å². The van der Waals surface area contributed by atoms with Crippen LogP contribution in [0.3, 0.4) is 0 Å². The largest absolute Gasteiger partial charge is 0.388 e. The summed E-state index contributed by atoms with van der Waals surface area (Å²) in [6.07, 6.45) is 5.97. The van der Waals surface area contributed by atoms with E-state index in [1.807, 2.05) is 60.7 Å². The van der Waals surface area contributed by atoms with Crippen molar-refractivity contribution >= 4 is 0 Å². The molecule has 2 aromatic rings. The molecule has 0 bridgehead atoms. The lowest BCUT2D eigenvalue weighted by atomic mass is 9.73. The zero-order chi connectivity index (χ0) is 21.5. The van der Waals surface area contributed by atoms with E-state index in [-0.39, 0.29) is 12.2 Å². The standard InChI is InChI=1S/C27H38N2O2/c30-25(23-9-3-1-4-10-23)13-19-28-17-7-15-27(21-28)16-8-18-29(22-27)20-14-26(31)24-11-5-2-6-12-24/h1-6,9-12,25-26,30-31H,7-8,13-22H2/t25-,26-,27?/m1/s1. The first-order valence-corrected chi connectivity index (χ1v) is 12.0. The number of benzene rings is 2. The summed E-state index contributed by atoms with van der Waals surface area (Å²) >= 11 is 0. The molecular weight excluding hydrogens is 384 g/mol. The molecule has 2 fully saturated rings. The van der Waals surface area contributed by atoms with Gasteiger partial charge in [-0.1, -0.05) is 60.7 Å². The molecule has 0 radical (unpaired) electrons. The summed E-state index contributed by atoms with van der Waals surface area (Å²) in [4.78, 5) is 5.16. The molecule has 0 aliphatic carbocycles. The normalized spacial score (nSPS) is 21.7. The predicted molar refractivity (Wildman–Crippen MR) is 126 cm³/mol. The van der Waals surface area contributed by atoms with Crippen molar-refractivity contribution in [2.45, 2.75) is 50.7 Å². The van der Waals surface area contributed by atoms with Crippen LogP contribution in [0.2, 0.25) is 0 Å². The fraction of sp³-hybridized carbons (Fsp3) is 0.556. The van der Waals surface area contributed by atoms with Crippen LogP contribution in [-0.2, 0) is 0 Å². The highest BCUT2D eigenvalue weighted by atomic mass is 16.3. The van der Waals surface area contributed by atoms with Gasteiger partial charge in [-0.3, -0.25) is 0 Å². The van der Waals surface area contributed by atoms with Crippen molar-refractivity contribution in [2.75, 3.05) is 39.3 Å². The van der Waals surface area contributed by atoms with Crippen LogP contribution in [0, 0.1) is 5.41 Å². The first-order chi connectivity index (χ1) is 15.1. The monoisotopic (exact) mass is 422 g/mol. The van der Waals surface area contributed by atoms with Gasteiger partial charge in [-0.15, -0.1) is 0 Å². The second-order valence-electron chi connectivity index (χ2n) is 9.69. The Hall–Kier alpha value is -1.72. The fourth-order valence-electron chi connectivity index (χ4n) is 5.63. The average molecular weight is 423 g/mol. The van der Waals surface area contributed by atoms with Crippen molar-refractivity contribution in [2.24, 2.45) is 5.41 Å². The van der Waals surface area contributed by atoms with Crippen molar-refractivity contribution in [1.82, 2.24) is 9.80 Å². The van der Waals surface area contributed by atoms with Crippen molar-refractivity contribution in [3.63, 3.8) is 0 Å². The van der Waals surface area contributed by atoms with E-state index in [4.69, 9.17) is 0 Å². The van der Waals surface area contributed by atoms with E-state index in [9.17, 15) is 10.2 Å². The zero-order valence-electron chi connectivity index (χ0n) is 18.7. The summed E-state index contributed by atoms with van der Waals surface area (Å²) in [5.74, 6) is 0. The van der Waals surface area contributed by atoms with E-state index < -0.39 is 0 Å². The molecule has 4 rings (SSSR count). The van der Waals surface area contributed by atoms with E-state index in [1.54, 1.807) is 0 Å². The zero-order valence-corrected chi connectivity index (χ0v) is 18.7. The number of nitrogens with zero attached hydrogens (tertiary/aromatic N) is 2. The minimum absolute atomic E-state index is 0.374. The van der Waals surface area contributed by atoms with Gasteiger partial charge in [0.25, 0.3) is 0 Å². The van der Waals surface area contributed by atoms with Gasteiger partial charge in [0.15, 0.2) is 0 Å². The van der Waals surface area contributed by atoms with Crippen LogP contribution in [0.5, 0.6) is 0 Å². The van der Waals surface area contributed by atoms with Gasteiger partial charge in [0.2, 0.25) is 0 Å². The molecule has 2 saturated heterocycles. The number of rotatable bonds is 8. The number of hydrogen-bond donors (Lipinski definition) is 2. The SMILES string of the molecule is O[C@H](CCN1CCCC2(CCCN(CC[C@@H](O)c3ccccc3)C2)C1)c1ccccc1. The number of likely N-dealkylation sites (tertiary alicyclic amines) is 2. The minimum atomic E-state index is -0.374. The van der Waals surface area contributed by atoms with Gasteiger partial charge in [-0.05, 0) is 68.2 Å². The summed E-state index contributed by atoms with van der Waals surface area (Å²) in [6.45, 7) is 6.51. The molecular formula is C27H38N2O2. The van der Waals surface area contributed by atoms with Crippen molar-refractivity contribution in [3.8, 4) is 0 Å². The molecule has 168 valence electrons. The number of aliphatic hydroxyl groups excluding tert-OH is 2. The minimum Gasteiger partial charge on any atom is -0.388 e. The lowest BCUT2D eigenvalue weighted by Gasteiger charge is -2.49. The van der Waals surface area contributed by atoms with Crippen molar-refractivity contribution < 1.29 is 10.2 Å². The highest BCUT2D eigenvalue weighted by molar-refractivity contribution is 5.18. The molecule has 0 unspecified atom stereocenters. The lowest BCUT2D eigenvalue weighted by Crippen LogP contribution is -2.52. The summed E-state index contributed by atoms with van der Waals surface area (Å²) in [6, 6.07) is 20.1. The lowest BCUT2D eigenvalue weighted by molar-refractivity contribution is 0.00404. The second-order valence-corrected chi connectivity index (χ2v) is 9.69. The smallest absolute Gasteiger partial charge is 0.0802 e. The molecule has 2 N–H and O–H groups in total. The number of hydrogen-bond acceptors (Lipinski definition) is 4. The summed E-state index contributed by atoms with van der Waals surface area (Å²) in [7, 11) is 0. The Morgan fingerprint density at radius 3 is 1.52 bits per heavy atom. The average Bonchev–Trinajstić information content (AvgIpc) is 2.82. The van der Waals surface area contributed by atoms with Gasteiger partial charge in [0, 0.05) is 26.2 Å². The topological polar surface area (TPSA) is 46.9 Å². The number of aliphatic hydroxyl groups is 2. The number of piperidine rings is 2.